The quantitative estimate of drug-likeness (QED) is 0.661. The molecule has 0 fully saturated rings. The summed E-state index contributed by atoms with van der Waals surface area (Å²) in [6, 6.07) is 11.0. The van der Waals surface area contributed by atoms with Gasteiger partial charge < -0.3 is 19.7 Å². The second-order valence-electron chi connectivity index (χ2n) is 6.25. The van der Waals surface area contributed by atoms with Gasteiger partial charge in [0.15, 0.2) is 11.5 Å². The van der Waals surface area contributed by atoms with Crippen LogP contribution in [0.3, 0.4) is 0 Å². The first kappa shape index (κ1) is 22.2. The molecule has 0 aliphatic carbocycles. The van der Waals surface area contributed by atoms with Crippen LogP contribution in [0.4, 0.5) is 4.39 Å². The molecule has 0 radical (unpaired) electrons. The van der Waals surface area contributed by atoms with Gasteiger partial charge in [0.05, 0.1) is 19.8 Å². The molecule has 2 rings (SSSR count). The van der Waals surface area contributed by atoms with Crippen molar-refractivity contribution in [3.05, 3.63) is 59.4 Å². The van der Waals surface area contributed by atoms with Crippen molar-refractivity contribution < 1.29 is 23.5 Å². The van der Waals surface area contributed by atoms with Gasteiger partial charge in [0.1, 0.15) is 5.82 Å². The molecule has 2 aromatic rings. The van der Waals surface area contributed by atoms with Crippen molar-refractivity contribution in [1.82, 2.24) is 10.2 Å². The van der Waals surface area contributed by atoms with Crippen LogP contribution in [0, 0.1) is 5.82 Å². The minimum Gasteiger partial charge on any atom is -0.490 e. The van der Waals surface area contributed by atoms with Crippen molar-refractivity contribution in [1.29, 1.82) is 0 Å². The molecule has 156 valence electrons. The molecular formula is C22H27FN2O4. The van der Waals surface area contributed by atoms with E-state index < -0.39 is 0 Å². The van der Waals surface area contributed by atoms with Crippen LogP contribution in [0.25, 0.3) is 0 Å². The van der Waals surface area contributed by atoms with Gasteiger partial charge in [0.2, 0.25) is 5.91 Å². The van der Waals surface area contributed by atoms with Crippen LogP contribution >= 0.6 is 0 Å². The number of nitrogens with zero attached hydrogens (tertiary/aromatic N) is 1. The van der Waals surface area contributed by atoms with Crippen molar-refractivity contribution in [2.75, 3.05) is 26.3 Å². The number of likely N-dealkylation sites (N-methyl/N-ethyl adjacent to an activating group) is 1. The van der Waals surface area contributed by atoms with E-state index in [1.54, 1.807) is 35.2 Å². The SMILES string of the molecule is CCOc1ccc(C(=O)NCC(=O)N(CC)Cc2cccc(F)c2)cc1OCC. The fourth-order valence-electron chi connectivity index (χ4n) is 2.79. The Bertz CT molecular complexity index is 841. The number of carbonyl (C=O) groups excluding carboxylic acids is 2. The maximum Gasteiger partial charge on any atom is 0.251 e. The van der Waals surface area contributed by atoms with Gasteiger partial charge in [-0.2, -0.15) is 0 Å². The fraction of sp³-hybridized carbons (Fsp3) is 0.364. The summed E-state index contributed by atoms with van der Waals surface area (Å²) >= 11 is 0. The molecule has 1 N–H and O–H groups in total. The number of ether oxygens (including phenoxy) is 2. The molecule has 2 aromatic carbocycles. The predicted octanol–water partition coefficient (Wildman–Crippen LogP) is 3.40. The number of hydrogen-bond donors (Lipinski definition) is 1. The summed E-state index contributed by atoms with van der Waals surface area (Å²) in [5.41, 5.74) is 1.07. The van der Waals surface area contributed by atoms with Gasteiger partial charge in [0.25, 0.3) is 5.91 Å². The molecule has 0 aliphatic rings. The highest BCUT2D eigenvalue weighted by Crippen LogP contribution is 2.28. The van der Waals surface area contributed by atoms with Gasteiger partial charge in [-0.25, -0.2) is 4.39 Å². The highest BCUT2D eigenvalue weighted by Gasteiger charge is 2.16. The maximum atomic E-state index is 13.3. The Hall–Kier alpha value is -3.09. The Morgan fingerprint density at radius 2 is 1.72 bits per heavy atom. The number of hydrogen-bond acceptors (Lipinski definition) is 4. The van der Waals surface area contributed by atoms with E-state index in [9.17, 15) is 14.0 Å². The van der Waals surface area contributed by atoms with E-state index in [0.29, 0.717) is 42.4 Å². The molecule has 0 spiro atoms. The zero-order valence-electron chi connectivity index (χ0n) is 17.0. The summed E-state index contributed by atoms with van der Waals surface area (Å²) in [6.45, 7) is 7.04. The average Bonchev–Trinajstić information content (AvgIpc) is 2.71. The molecule has 29 heavy (non-hydrogen) atoms. The first-order chi connectivity index (χ1) is 14.0. The van der Waals surface area contributed by atoms with Crippen LogP contribution in [0.5, 0.6) is 11.5 Å². The maximum absolute atomic E-state index is 13.3. The molecule has 0 aromatic heterocycles. The monoisotopic (exact) mass is 402 g/mol. The topological polar surface area (TPSA) is 67.9 Å². The second kappa shape index (κ2) is 11.0. The second-order valence-corrected chi connectivity index (χ2v) is 6.25. The van der Waals surface area contributed by atoms with Crippen LogP contribution in [0.15, 0.2) is 42.5 Å². The average molecular weight is 402 g/mol. The van der Waals surface area contributed by atoms with Crippen molar-refractivity contribution >= 4 is 11.8 Å². The summed E-state index contributed by atoms with van der Waals surface area (Å²) in [4.78, 5) is 26.5. The predicted molar refractivity (Wildman–Crippen MR) is 109 cm³/mol. The minimum absolute atomic E-state index is 0.154. The smallest absolute Gasteiger partial charge is 0.251 e. The Morgan fingerprint density at radius 3 is 2.38 bits per heavy atom. The molecular weight excluding hydrogens is 375 g/mol. The molecule has 0 bridgehead atoms. The lowest BCUT2D eigenvalue weighted by Gasteiger charge is -2.21. The van der Waals surface area contributed by atoms with Crippen LogP contribution < -0.4 is 14.8 Å². The van der Waals surface area contributed by atoms with Gasteiger partial charge in [0, 0.05) is 18.7 Å². The zero-order chi connectivity index (χ0) is 21.2. The van der Waals surface area contributed by atoms with E-state index in [4.69, 9.17) is 9.47 Å². The lowest BCUT2D eigenvalue weighted by atomic mass is 10.2. The summed E-state index contributed by atoms with van der Waals surface area (Å²) in [6.07, 6.45) is 0. The molecule has 0 atom stereocenters. The fourth-order valence-corrected chi connectivity index (χ4v) is 2.79. The molecule has 0 heterocycles. The van der Waals surface area contributed by atoms with Crippen LogP contribution in [0.2, 0.25) is 0 Å². The van der Waals surface area contributed by atoms with E-state index in [1.807, 2.05) is 20.8 Å². The standard InChI is InChI=1S/C22H27FN2O4/c1-4-25(15-16-8-7-9-18(23)12-16)21(26)14-24-22(27)17-10-11-19(28-5-2)20(13-17)29-6-3/h7-13H,4-6,14-15H2,1-3H3,(H,24,27). The normalized spacial score (nSPS) is 10.3. The third kappa shape index (κ3) is 6.48. The van der Waals surface area contributed by atoms with Crippen molar-refractivity contribution in [3.63, 3.8) is 0 Å². The van der Waals surface area contributed by atoms with Crippen LogP contribution in [0.1, 0.15) is 36.7 Å². The number of carbonyl (C=O) groups is 2. The summed E-state index contributed by atoms with van der Waals surface area (Å²) in [5, 5.41) is 2.63. The van der Waals surface area contributed by atoms with Gasteiger partial charge in [-0.1, -0.05) is 12.1 Å². The molecule has 7 heteroatoms. The zero-order valence-corrected chi connectivity index (χ0v) is 17.0. The summed E-state index contributed by atoms with van der Waals surface area (Å²) in [7, 11) is 0. The number of rotatable bonds is 10. The highest BCUT2D eigenvalue weighted by atomic mass is 19.1. The van der Waals surface area contributed by atoms with Crippen molar-refractivity contribution in [3.8, 4) is 11.5 Å². The molecule has 6 nitrogen and oxygen atoms in total. The number of nitrogens with one attached hydrogen (secondary N) is 1. The molecule has 0 unspecified atom stereocenters. The van der Waals surface area contributed by atoms with E-state index in [0.717, 1.165) is 0 Å². The van der Waals surface area contributed by atoms with Gasteiger partial charge >= 0.3 is 0 Å². The van der Waals surface area contributed by atoms with E-state index in [1.165, 1.54) is 12.1 Å². The van der Waals surface area contributed by atoms with Crippen molar-refractivity contribution in [2.24, 2.45) is 0 Å². The minimum atomic E-state index is -0.385. The van der Waals surface area contributed by atoms with Gasteiger partial charge in [-0.05, 0) is 56.7 Å². The van der Waals surface area contributed by atoms with E-state index in [-0.39, 0.29) is 30.7 Å². The third-order valence-corrected chi connectivity index (χ3v) is 4.20. The highest BCUT2D eigenvalue weighted by molar-refractivity contribution is 5.97. The Morgan fingerprint density at radius 1 is 1.00 bits per heavy atom. The van der Waals surface area contributed by atoms with E-state index >= 15 is 0 Å². The Balaban J connectivity index is 1.99. The molecule has 0 aliphatic heterocycles. The van der Waals surface area contributed by atoms with Gasteiger partial charge in [-0.3, -0.25) is 9.59 Å². The summed E-state index contributed by atoms with van der Waals surface area (Å²) < 4.78 is 24.4. The Labute approximate surface area is 170 Å². The lowest BCUT2D eigenvalue weighted by molar-refractivity contribution is -0.130. The number of halogens is 1. The number of amides is 2. The first-order valence-electron chi connectivity index (χ1n) is 9.68. The van der Waals surface area contributed by atoms with Crippen molar-refractivity contribution in [2.45, 2.75) is 27.3 Å². The van der Waals surface area contributed by atoms with Crippen LogP contribution in [-0.4, -0.2) is 43.0 Å². The van der Waals surface area contributed by atoms with Gasteiger partial charge in [-0.15, -0.1) is 0 Å². The molecule has 0 saturated carbocycles. The van der Waals surface area contributed by atoms with Crippen LogP contribution in [-0.2, 0) is 11.3 Å². The van der Waals surface area contributed by atoms with E-state index in [2.05, 4.69) is 5.32 Å². The summed E-state index contributed by atoms with van der Waals surface area (Å²) in [5.74, 6) is 0.0639. The third-order valence-electron chi connectivity index (χ3n) is 4.20. The molecule has 2 amide bonds. The number of benzene rings is 2. The lowest BCUT2D eigenvalue weighted by Crippen LogP contribution is -2.39. The Kier molecular flexibility index (Phi) is 8.45. The largest absolute Gasteiger partial charge is 0.490 e. The molecule has 0 saturated heterocycles. The first-order valence-corrected chi connectivity index (χ1v) is 9.68.